The zero-order valence-corrected chi connectivity index (χ0v) is 22.9. The molecule has 0 spiro atoms. The van der Waals surface area contributed by atoms with Gasteiger partial charge in [-0.05, 0) is 72.0 Å². The predicted molar refractivity (Wildman–Crippen MR) is 152 cm³/mol. The Balaban J connectivity index is 1.37. The van der Waals surface area contributed by atoms with Crippen molar-refractivity contribution in [2.45, 2.75) is 10.6 Å². The summed E-state index contributed by atoms with van der Waals surface area (Å²) in [6.07, 6.45) is 0.573. The predicted octanol–water partition coefficient (Wildman–Crippen LogP) is 4.79. The number of hydrogen-bond donors (Lipinski definition) is 3. The third-order valence-corrected chi connectivity index (χ3v) is 8.51. The van der Waals surface area contributed by atoms with E-state index in [4.69, 9.17) is 9.47 Å². The van der Waals surface area contributed by atoms with Gasteiger partial charge in [-0.15, -0.1) is 11.3 Å². The zero-order valence-electron chi connectivity index (χ0n) is 21.3. The molecule has 4 aromatic rings. The van der Waals surface area contributed by atoms with Crippen LogP contribution in [0.4, 0.5) is 11.4 Å². The molecule has 0 fully saturated rings. The molecule has 202 valence electrons. The van der Waals surface area contributed by atoms with Crippen LogP contribution in [0.2, 0.25) is 0 Å². The Hall–Kier alpha value is -4.35. The number of nitrogens with one attached hydrogen (secondary N) is 3. The maximum Gasteiger partial charge on any atom is 0.271 e. The highest BCUT2D eigenvalue weighted by atomic mass is 32.2. The fourth-order valence-electron chi connectivity index (χ4n) is 3.75. The van der Waals surface area contributed by atoms with Crippen LogP contribution in [0.15, 0.2) is 88.5 Å². The highest BCUT2D eigenvalue weighted by Crippen LogP contribution is 2.27. The minimum Gasteiger partial charge on any atom is -0.493 e. The quantitative estimate of drug-likeness (QED) is 0.240. The van der Waals surface area contributed by atoms with E-state index in [2.05, 4.69) is 15.4 Å². The summed E-state index contributed by atoms with van der Waals surface area (Å²) in [7, 11) is -0.551. The first-order valence-corrected chi connectivity index (χ1v) is 14.2. The topological polar surface area (TPSA) is 123 Å². The van der Waals surface area contributed by atoms with Gasteiger partial charge in [0.1, 0.15) is 4.21 Å². The second-order valence-electron chi connectivity index (χ2n) is 8.31. The Morgan fingerprint density at radius 3 is 2.28 bits per heavy atom. The Labute approximate surface area is 230 Å². The molecule has 2 amide bonds. The van der Waals surface area contributed by atoms with E-state index >= 15 is 0 Å². The lowest BCUT2D eigenvalue weighted by atomic mass is 10.1. The van der Waals surface area contributed by atoms with Crippen LogP contribution in [0.1, 0.15) is 26.3 Å². The van der Waals surface area contributed by atoms with E-state index in [1.807, 2.05) is 18.2 Å². The second kappa shape index (κ2) is 12.5. The summed E-state index contributed by atoms with van der Waals surface area (Å²) in [5.41, 5.74) is 2.27. The fourth-order valence-corrected chi connectivity index (χ4v) is 5.80. The van der Waals surface area contributed by atoms with Gasteiger partial charge in [-0.3, -0.25) is 14.3 Å². The summed E-state index contributed by atoms with van der Waals surface area (Å²) < 4.78 is 38.1. The number of thiophene rings is 1. The van der Waals surface area contributed by atoms with Crippen LogP contribution in [0.3, 0.4) is 0 Å². The number of benzene rings is 3. The summed E-state index contributed by atoms with van der Waals surface area (Å²) in [6, 6.07) is 21.5. The van der Waals surface area contributed by atoms with E-state index in [9.17, 15) is 18.0 Å². The molecule has 0 aliphatic carbocycles. The van der Waals surface area contributed by atoms with Crippen LogP contribution >= 0.6 is 11.3 Å². The van der Waals surface area contributed by atoms with Crippen LogP contribution in [-0.4, -0.2) is 41.0 Å². The molecule has 0 saturated heterocycles. The van der Waals surface area contributed by atoms with E-state index in [0.29, 0.717) is 47.0 Å². The maximum atomic E-state index is 12.9. The second-order valence-corrected chi connectivity index (χ2v) is 11.2. The summed E-state index contributed by atoms with van der Waals surface area (Å²) in [5.74, 6) is 0.476. The molecule has 1 aromatic heterocycles. The Kier molecular flexibility index (Phi) is 8.84. The molecule has 1 heterocycles. The summed E-state index contributed by atoms with van der Waals surface area (Å²) in [4.78, 5) is 25.8. The summed E-state index contributed by atoms with van der Waals surface area (Å²) in [6.45, 7) is 0.374. The fraction of sp³-hybridized carbons (Fsp3) is 0.143. The Bertz CT molecular complexity index is 1550. The first-order chi connectivity index (χ1) is 18.8. The van der Waals surface area contributed by atoms with Crippen molar-refractivity contribution in [1.29, 1.82) is 0 Å². The molecular formula is C28H27N3O6S2. The van der Waals surface area contributed by atoms with Gasteiger partial charge in [0, 0.05) is 17.8 Å². The monoisotopic (exact) mass is 565 g/mol. The van der Waals surface area contributed by atoms with Crippen molar-refractivity contribution in [3.05, 3.63) is 101 Å². The maximum absolute atomic E-state index is 12.9. The highest BCUT2D eigenvalue weighted by Gasteiger charge is 2.17. The molecule has 9 nitrogen and oxygen atoms in total. The SMILES string of the molecule is COc1ccc(CCNC(=O)c2ccccc2NC(=O)c2ccc(NS(=O)(=O)c3cccs3)cc2)cc1OC. The number of carbonyl (C=O) groups is 2. The van der Waals surface area contributed by atoms with Crippen LogP contribution < -0.4 is 24.8 Å². The molecule has 3 aromatic carbocycles. The third kappa shape index (κ3) is 6.95. The smallest absolute Gasteiger partial charge is 0.271 e. The van der Waals surface area contributed by atoms with E-state index in [0.717, 1.165) is 16.9 Å². The van der Waals surface area contributed by atoms with Gasteiger partial charge in [0.2, 0.25) is 0 Å². The number of hydrogen-bond acceptors (Lipinski definition) is 7. The summed E-state index contributed by atoms with van der Waals surface area (Å²) >= 11 is 1.11. The lowest BCUT2D eigenvalue weighted by Gasteiger charge is -2.13. The van der Waals surface area contributed by atoms with Gasteiger partial charge in [-0.25, -0.2) is 8.42 Å². The number of anilines is 2. The van der Waals surface area contributed by atoms with Crippen molar-refractivity contribution in [3.63, 3.8) is 0 Å². The molecule has 39 heavy (non-hydrogen) atoms. The van der Waals surface area contributed by atoms with Crippen molar-refractivity contribution in [2.75, 3.05) is 30.8 Å². The summed E-state index contributed by atoms with van der Waals surface area (Å²) in [5, 5.41) is 7.33. The lowest BCUT2D eigenvalue weighted by Crippen LogP contribution is -2.27. The average Bonchev–Trinajstić information content (AvgIpc) is 3.50. The molecule has 0 bridgehead atoms. The van der Waals surface area contributed by atoms with Crippen LogP contribution in [0, 0.1) is 0 Å². The number of sulfonamides is 1. The number of para-hydroxylation sites is 1. The largest absolute Gasteiger partial charge is 0.493 e. The first kappa shape index (κ1) is 27.7. The molecule has 0 unspecified atom stereocenters. The lowest BCUT2D eigenvalue weighted by molar-refractivity contribution is 0.0955. The van der Waals surface area contributed by atoms with Crippen LogP contribution in [0.5, 0.6) is 11.5 Å². The van der Waals surface area contributed by atoms with E-state index < -0.39 is 15.9 Å². The van der Waals surface area contributed by atoms with Gasteiger partial charge >= 0.3 is 0 Å². The van der Waals surface area contributed by atoms with Gasteiger partial charge in [0.15, 0.2) is 11.5 Å². The molecule has 0 aliphatic rings. The molecule has 4 rings (SSSR count). The Morgan fingerprint density at radius 2 is 1.59 bits per heavy atom. The van der Waals surface area contributed by atoms with Crippen LogP contribution in [-0.2, 0) is 16.4 Å². The van der Waals surface area contributed by atoms with Gasteiger partial charge in [0.25, 0.3) is 21.8 Å². The average molecular weight is 566 g/mol. The van der Waals surface area contributed by atoms with E-state index in [1.54, 1.807) is 49.9 Å². The van der Waals surface area contributed by atoms with E-state index in [1.165, 1.54) is 30.3 Å². The van der Waals surface area contributed by atoms with E-state index in [-0.39, 0.29) is 10.1 Å². The minimum atomic E-state index is -3.69. The van der Waals surface area contributed by atoms with Gasteiger partial charge in [0.05, 0.1) is 25.5 Å². The van der Waals surface area contributed by atoms with Crippen molar-refractivity contribution < 1.29 is 27.5 Å². The first-order valence-electron chi connectivity index (χ1n) is 11.9. The van der Waals surface area contributed by atoms with Gasteiger partial charge in [-0.1, -0.05) is 24.3 Å². The number of amides is 2. The molecule has 0 aliphatic heterocycles. The minimum absolute atomic E-state index is 0.197. The van der Waals surface area contributed by atoms with Crippen molar-refractivity contribution in [3.8, 4) is 11.5 Å². The van der Waals surface area contributed by atoms with Gasteiger partial charge < -0.3 is 20.1 Å². The third-order valence-electron chi connectivity index (χ3n) is 5.73. The highest BCUT2D eigenvalue weighted by molar-refractivity contribution is 7.94. The number of ether oxygens (including phenoxy) is 2. The molecular weight excluding hydrogens is 538 g/mol. The molecule has 0 atom stereocenters. The zero-order chi connectivity index (χ0) is 27.8. The normalized spacial score (nSPS) is 10.9. The van der Waals surface area contributed by atoms with Crippen molar-refractivity contribution >= 4 is 44.5 Å². The number of rotatable bonds is 11. The molecule has 0 saturated carbocycles. The molecule has 11 heteroatoms. The number of methoxy groups -OCH3 is 2. The molecule has 0 radical (unpaired) electrons. The Morgan fingerprint density at radius 1 is 0.846 bits per heavy atom. The number of carbonyl (C=O) groups excluding carboxylic acids is 2. The molecule has 3 N–H and O–H groups in total. The standard InChI is InChI=1S/C28H27N3O6S2/c1-36-24-14-9-19(18-25(24)37-2)15-16-29-28(33)22-6-3-4-7-23(22)30-27(32)20-10-12-21(13-11-20)31-39(34,35)26-8-5-17-38-26/h3-14,17-18,31H,15-16H2,1-2H3,(H,29,33)(H,30,32). The van der Waals surface area contributed by atoms with Gasteiger partial charge in [-0.2, -0.15) is 0 Å². The van der Waals surface area contributed by atoms with Crippen LogP contribution in [0.25, 0.3) is 0 Å². The van der Waals surface area contributed by atoms with Crippen molar-refractivity contribution in [2.24, 2.45) is 0 Å². The van der Waals surface area contributed by atoms with Crippen molar-refractivity contribution in [1.82, 2.24) is 5.32 Å².